The predicted octanol–water partition coefficient (Wildman–Crippen LogP) is 3.85. The molecule has 2 rings (SSSR count). The molecule has 0 aliphatic heterocycles. The predicted molar refractivity (Wildman–Crippen MR) is 71.5 cm³/mol. The van der Waals surface area contributed by atoms with Gasteiger partial charge in [0.15, 0.2) is 5.16 Å². The Morgan fingerprint density at radius 2 is 1.65 bits per heavy atom. The Morgan fingerprint density at radius 1 is 1.05 bits per heavy atom. The van der Waals surface area contributed by atoms with Gasteiger partial charge in [-0.05, 0) is 49.9 Å². The Bertz CT molecular complexity index is 621. The van der Waals surface area contributed by atoms with Crippen molar-refractivity contribution in [1.29, 1.82) is 0 Å². The van der Waals surface area contributed by atoms with Crippen molar-refractivity contribution >= 4 is 17.4 Å². The van der Waals surface area contributed by atoms with Crippen molar-refractivity contribution in [2.75, 3.05) is 5.73 Å². The first-order valence-electron chi connectivity index (χ1n) is 5.72. The van der Waals surface area contributed by atoms with Gasteiger partial charge in [-0.3, -0.25) is 0 Å². The van der Waals surface area contributed by atoms with Gasteiger partial charge in [-0.2, -0.15) is 13.2 Å². The third-order valence-electron chi connectivity index (χ3n) is 2.50. The second kappa shape index (κ2) is 5.32. The fraction of sp³-hybridized carbons (Fsp3) is 0.231. The van der Waals surface area contributed by atoms with Crippen molar-refractivity contribution in [1.82, 2.24) is 9.97 Å². The molecule has 0 amide bonds. The first-order valence-corrected chi connectivity index (χ1v) is 6.54. The van der Waals surface area contributed by atoms with Gasteiger partial charge in [0.05, 0.1) is 5.56 Å². The van der Waals surface area contributed by atoms with Gasteiger partial charge in [0, 0.05) is 22.0 Å². The normalized spacial score (nSPS) is 11.7. The number of benzene rings is 1. The van der Waals surface area contributed by atoms with Crippen LogP contribution in [0.3, 0.4) is 0 Å². The Balaban J connectivity index is 2.35. The van der Waals surface area contributed by atoms with E-state index in [2.05, 4.69) is 9.97 Å². The number of nitrogen functional groups attached to an aromatic ring is 1. The second-order valence-corrected chi connectivity index (χ2v) is 5.32. The lowest BCUT2D eigenvalue weighted by molar-refractivity contribution is -0.137. The average molecular weight is 299 g/mol. The summed E-state index contributed by atoms with van der Waals surface area (Å²) in [4.78, 5) is 8.77. The van der Waals surface area contributed by atoms with Crippen molar-refractivity contribution < 1.29 is 13.2 Å². The molecule has 0 bridgehead atoms. The summed E-state index contributed by atoms with van der Waals surface area (Å²) in [6.07, 6.45) is -4.47. The number of aryl methyl sites for hydroxylation is 2. The van der Waals surface area contributed by atoms with Crippen LogP contribution in [-0.2, 0) is 6.18 Å². The molecule has 20 heavy (non-hydrogen) atoms. The number of anilines is 1. The highest BCUT2D eigenvalue weighted by molar-refractivity contribution is 7.99. The quantitative estimate of drug-likeness (QED) is 0.676. The number of rotatable bonds is 2. The first-order chi connectivity index (χ1) is 9.25. The molecule has 106 valence electrons. The monoisotopic (exact) mass is 299 g/mol. The standard InChI is InChI=1S/C13H12F3N3S/c1-7-5-8(2)19-12(18-7)20-9-3-4-11(17)10(6-9)13(14,15)16/h3-6H,17H2,1-2H3. The van der Waals surface area contributed by atoms with Crippen LogP contribution < -0.4 is 5.73 Å². The lowest BCUT2D eigenvalue weighted by Crippen LogP contribution is -2.08. The molecule has 0 atom stereocenters. The summed E-state index contributed by atoms with van der Waals surface area (Å²) in [5.74, 6) is 0. The minimum Gasteiger partial charge on any atom is -0.398 e. The molecule has 2 aromatic rings. The van der Waals surface area contributed by atoms with Gasteiger partial charge in [-0.15, -0.1) is 0 Å². The van der Waals surface area contributed by atoms with Gasteiger partial charge in [0.1, 0.15) is 0 Å². The number of hydrogen-bond donors (Lipinski definition) is 1. The molecular formula is C13H12F3N3S. The molecule has 7 heteroatoms. The zero-order valence-electron chi connectivity index (χ0n) is 10.8. The van der Waals surface area contributed by atoms with Crippen LogP contribution in [0.4, 0.5) is 18.9 Å². The maximum atomic E-state index is 12.8. The molecule has 1 aromatic heterocycles. The molecule has 0 spiro atoms. The van der Waals surface area contributed by atoms with Crippen LogP contribution in [0.25, 0.3) is 0 Å². The minimum atomic E-state index is -4.47. The van der Waals surface area contributed by atoms with Gasteiger partial charge in [-0.1, -0.05) is 0 Å². The molecule has 3 nitrogen and oxygen atoms in total. The molecule has 1 heterocycles. The van der Waals surface area contributed by atoms with E-state index in [4.69, 9.17) is 5.73 Å². The van der Waals surface area contributed by atoms with Gasteiger partial charge in [-0.25, -0.2) is 9.97 Å². The number of nitrogens with zero attached hydrogens (tertiary/aromatic N) is 2. The number of hydrogen-bond acceptors (Lipinski definition) is 4. The lowest BCUT2D eigenvalue weighted by Gasteiger charge is -2.11. The summed E-state index contributed by atoms with van der Waals surface area (Å²) in [6.45, 7) is 3.62. The molecule has 0 aliphatic carbocycles. The Labute approximate surface area is 118 Å². The Kier molecular flexibility index (Phi) is 3.89. The summed E-state index contributed by atoms with van der Waals surface area (Å²) < 4.78 is 38.3. The van der Waals surface area contributed by atoms with E-state index in [1.807, 2.05) is 13.8 Å². The largest absolute Gasteiger partial charge is 0.418 e. The maximum Gasteiger partial charge on any atom is 0.418 e. The topological polar surface area (TPSA) is 51.8 Å². The van der Waals surface area contributed by atoms with Crippen LogP contribution >= 0.6 is 11.8 Å². The van der Waals surface area contributed by atoms with Gasteiger partial charge < -0.3 is 5.73 Å². The second-order valence-electron chi connectivity index (χ2n) is 4.28. The molecule has 0 unspecified atom stereocenters. The van der Waals surface area contributed by atoms with E-state index in [0.29, 0.717) is 10.1 Å². The minimum absolute atomic E-state index is 0.289. The molecule has 0 saturated carbocycles. The SMILES string of the molecule is Cc1cc(C)nc(Sc2ccc(N)c(C(F)(F)F)c2)n1. The molecule has 2 N–H and O–H groups in total. The van der Waals surface area contributed by atoms with E-state index in [9.17, 15) is 13.2 Å². The van der Waals surface area contributed by atoms with Crippen LogP contribution in [0, 0.1) is 13.8 Å². The molecular weight excluding hydrogens is 287 g/mol. The zero-order valence-corrected chi connectivity index (χ0v) is 11.6. The highest BCUT2D eigenvalue weighted by atomic mass is 32.2. The fourth-order valence-electron chi connectivity index (χ4n) is 1.69. The number of aromatic nitrogens is 2. The maximum absolute atomic E-state index is 12.8. The van der Waals surface area contributed by atoms with Crippen LogP contribution in [0.2, 0.25) is 0 Å². The third-order valence-corrected chi connectivity index (χ3v) is 3.36. The molecule has 0 fully saturated rings. The molecule has 1 aromatic carbocycles. The lowest BCUT2D eigenvalue weighted by atomic mass is 10.2. The van der Waals surface area contributed by atoms with Crippen LogP contribution in [0.5, 0.6) is 0 Å². The Morgan fingerprint density at radius 3 is 2.20 bits per heavy atom. The summed E-state index contributed by atoms with van der Waals surface area (Å²) >= 11 is 1.08. The zero-order chi connectivity index (χ0) is 14.9. The van der Waals surface area contributed by atoms with Crippen molar-refractivity contribution in [3.63, 3.8) is 0 Å². The van der Waals surface area contributed by atoms with E-state index in [1.165, 1.54) is 12.1 Å². The summed E-state index contributed by atoms with van der Waals surface area (Å²) in [5, 5.41) is 0.417. The van der Waals surface area contributed by atoms with Crippen molar-refractivity contribution in [3.8, 4) is 0 Å². The summed E-state index contributed by atoms with van der Waals surface area (Å²) in [7, 11) is 0. The number of halogens is 3. The molecule has 0 saturated heterocycles. The van der Waals surface area contributed by atoms with Crippen molar-refractivity contribution in [3.05, 3.63) is 41.2 Å². The Hall–Kier alpha value is -1.76. The molecule has 0 aliphatic rings. The van der Waals surface area contributed by atoms with Gasteiger partial charge in [0.25, 0.3) is 0 Å². The fourth-order valence-corrected chi connectivity index (χ4v) is 2.59. The number of alkyl halides is 3. The highest BCUT2D eigenvalue weighted by Crippen LogP contribution is 2.37. The molecule has 0 radical (unpaired) electrons. The first kappa shape index (κ1) is 14.6. The van der Waals surface area contributed by atoms with E-state index < -0.39 is 11.7 Å². The van der Waals surface area contributed by atoms with E-state index in [-0.39, 0.29) is 5.69 Å². The van der Waals surface area contributed by atoms with Gasteiger partial charge >= 0.3 is 6.18 Å². The third kappa shape index (κ3) is 3.41. The highest BCUT2D eigenvalue weighted by Gasteiger charge is 2.33. The van der Waals surface area contributed by atoms with Crippen LogP contribution in [0.1, 0.15) is 17.0 Å². The van der Waals surface area contributed by atoms with Gasteiger partial charge in [0.2, 0.25) is 0 Å². The summed E-state index contributed by atoms with van der Waals surface area (Å²) in [5.41, 5.74) is 5.77. The smallest absolute Gasteiger partial charge is 0.398 e. The van der Waals surface area contributed by atoms with E-state index in [1.54, 1.807) is 6.07 Å². The number of nitrogens with two attached hydrogens (primary N) is 1. The van der Waals surface area contributed by atoms with E-state index >= 15 is 0 Å². The summed E-state index contributed by atoms with van der Waals surface area (Å²) in [6, 6.07) is 5.58. The van der Waals surface area contributed by atoms with Crippen molar-refractivity contribution in [2.45, 2.75) is 30.1 Å². The van der Waals surface area contributed by atoms with Crippen LogP contribution in [-0.4, -0.2) is 9.97 Å². The van der Waals surface area contributed by atoms with E-state index in [0.717, 1.165) is 29.2 Å². The van der Waals surface area contributed by atoms with Crippen LogP contribution in [0.15, 0.2) is 34.3 Å². The average Bonchev–Trinajstić information content (AvgIpc) is 2.29. The van der Waals surface area contributed by atoms with Crippen molar-refractivity contribution in [2.24, 2.45) is 0 Å².